The molecule has 1 aliphatic rings. The number of nitrogens with zero attached hydrogens (tertiary/aromatic N) is 2. The lowest BCUT2D eigenvalue weighted by atomic mass is 9.97. The fourth-order valence-corrected chi connectivity index (χ4v) is 4.76. The van der Waals surface area contributed by atoms with Crippen molar-refractivity contribution in [3.63, 3.8) is 0 Å². The molecule has 0 saturated carbocycles. The van der Waals surface area contributed by atoms with E-state index in [0.29, 0.717) is 31.9 Å². The van der Waals surface area contributed by atoms with Gasteiger partial charge in [-0.05, 0) is 50.5 Å². The van der Waals surface area contributed by atoms with Crippen molar-refractivity contribution in [3.05, 3.63) is 41.8 Å². The maximum absolute atomic E-state index is 12.8. The highest BCUT2D eigenvalue weighted by Gasteiger charge is 2.34. The fourth-order valence-electron chi connectivity index (χ4n) is 3.38. The van der Waals surface area contributed by atoms with E-state index in [4.69, 9.17) is 13.9 Å². The van der Waals surface area contributed by atoms with Gasteiger partial charge in [-0.1, -0.05) is 0 Å². The summed E-state index contributed by atoms with van der Waals surface area (Å²) in [6, 6.07) is 6.09. The molecule has 1 N–H and O–H groups in total. The van der Waals surface area contributed by atoms with Crippen molar-refractivity contribution in [2.45, 2.75) is 38.3 Å². The van der Waals surface area contributed by atoms with E-state index in [9.17, 15) is 18.0 Å². The average molecular weight is 466 g/mol. The van der Waals surface area contributed by atoms with Crippen LogP contribution in [-0.4, -0.2) is 55.9 Å². The van der Waals surface area contributed by atoms with E-state index in [0.717, 1.165) is 5.56 Å². The van der Waals surface area contributed by atoms with E-state index in [1.807, 2.05) is 6.92 Å². The number of carbonyl (C=O) groups excluding carboxylic acids is 2. The van der Waals surface area contributed by atoms with Crippen LogP contribution in [0.3, 0.4) is 0 Å². The summed E-state index contributed by atoms with van der Waals surface area (Å²) in [6.07, 6.45) is 2.39. The van der Waals surface area contributed by atoms with Crippen molar-refractivity contribution in [2.24, 2.45) is 5.92 Å². The van der Waals surface area contributed by atoms with E-state index in [1.54, 1.807) is 25.3 Å². The topological polar surface area (TPSA) is 128 Å². The van der Waals surface area contributed by atoms with Crippen molar-refractivity contribution >= 4 is 21.9 Å². The molecular weight excluding hydrogens is 438 g/mol. The number of aromatic nitrogens is 1. The Kier molecular flexibility index (Phi) is 7.86. The minimum atomic E-state index is -3.90. The molecule has 3 rings (SSSR count). The molecular formula is C21H27N3O7S. The van der Waals surface area contributed by atoms with Crippen LogP contribution in [0.25, 0.3) is 0 Å². The Morgan fingerprint density at radius 2 is 1.94 bits per heavy atom. The van der Waals surface area contributed by atoms with Crippen LogP contribution in [0.5, 0.6) is 5.88 Å². The highest BCUT2D eigenvalue weighted by molar-refractivity contribution is 7.89. The van der Waals surface area contributed by atoms with Gasteiger partial charge in [-0.15, -0.1) is 0 Å². The normalized spacial score (nSPS) is 15.3. The first-order valence-corrected chi connectivity index (χ1v) is 11.9. The van der Waals surface area contributed by atoms with E-state index in [1.165, 1.54) is 16.4 Å². The summed E-state index contributed by atoms with van der Waals surface area (Å²) in [5.74, 6) is -0.794. The van der Waals surface area contributed by atoms with Crippen molar-refractivity contribution in [2.75, 3.05) is 26.3 Å². The molecule has 1 amide bonds. The number of piperidine rings is 1. The SMILES string of the molecule is CCOC(=O)c1ccc(S(=O)(=O)N2CCC(C(=O)NCc3ccnc(OCC)c3)CC2)o1. The number of ether oxygens (including phenoxy) is 2. The van der Waals surface area contributed by atoms with Gasteiger partial charge in [0.1, 0.15) is 0 Å². The van der Waals surface area contributed by atoms with Crippen LogP contribution < -0.4 is 10.1 Å². The molecule has 1 aliphatic heterocycles. The van der Waals surface area contributed by atoms with Gasteiger partial charge in [0.2, 0.25) is 22.6 Å². The number of rotatable bonds is 9. The third-order valence-corrected chi connectivity index (χ3v) is 6.81. The first-order chi connectivity index (χ1) is 15.3. The van der Waals surface area contributed by atoms with Crippen LogP contribution in [-0.2, 0) is 26.1 Å². The minimum Gasteiger partial charge on any atom is -0.478 e. The maximum atomic E-state index is 12.8. The zero-order valence-electron chi connectivity index (χ0n) is 18.1. The predicted octanol–water partition coefficient (Wildman–Crippen LogP) is 1.97. The van der Waals surface area contributed by atoms with E-state index >= 15 is 0 Å². The van der Waals surface area contributed by atoms with Gasteiger partial charge in [0, 0.05) is 37.8 Å². The van der Waals surface area contributed by atoms with Gasteiger partial charge in [-0.2, -0.15) is 4.31 Å². The lowest BCUT2D eigenvalue weighted by molar-refractivity contribution is -0.126. The van der Waals surface area contributed by atoms with Gasteiger partial charge in [-0.25, -0.2) is 18.2 Å². The molecule has 32 heavy (non-hydrogen) atoms. The number of amides is 1. The lowest BCUT2D eigenvalue weighted by Gasteiger charge is -2.29. The molecule has 0 bridgehead atoms. The molecule has 10 nitrogen and oxygen atoms in total. The number of sulfonamides is 1. The van der Waals surface area contributed by atoms with Crippen LogP contribution in [0, 0.1) is 5.92 Å². The number of hydrogen-bond acceptors (Lipinski definition) is 8. The number of pyridine rings is 1. The summed E-state index contributed by atoms with van der Waals surface area (Å²) in [5, 5.41) is 2.58. The Balaban J connectivity index is 1.53. The molecule has 1 fully saturated rings. The quantitative estimate of drug-likeness (QED) is 0.557. The van der Waals surface area contributed by atoms with Crippen LogP contribution >= 0.6 is 0 Å². The first-order valence-electron chi connectivity index (χ1n) is 10.5. The summed E-state index contributed by atoms with van der Waals surface area (Å²) in [6.45, 7) is 4.88. The smallest absolute Gasteiger partial charge is 0.374 e. The zero-order chi connectivity index (χ0) is 23.1. The summed E-state index contributed by atoms with van der Waals surface area (Å²) in [7, 11) is -3.90. The molecule has 0 atom stereocenters. The van der Waals surface area contributed by atoms with Crippen LogP contribution in [0.2, 0.25) is 0 Å². The Morgan fingerprint density at radius 1 is 1.19 bits per heavy atom. The monoisotopic (exact) mass is 465 g/mol. The third kappa shape index (κ3) is 5.65. The van der Waals surface area contributed by atoms with Gasteiger partial charge in [-0.3, -0.25) is 4.79 Å². The van der Waals surface area contributed by atoms with E-state index < -0.39 is 16.0 Å². The fraction of sp³-hybridized carbons (Fsp3) is 0.476. The van der Waals surface area contributed by atoms with E-state index in [2.05, 4.69) is 10.3 Å². The maximum Gasteiger partial charge on any atom is 0.374 e. The summed E-state index contributed by atoms with van der Waals surface area (Å²) in [4.78, 5) is 28.4. The molecule has 11 heteroatoms. The van der Waals surface area contributed by atoms with Crippen LogP contribution in [0.4, 0.5) is 0 Å². The second kappa shape index (κ2) is 10.6. The average Bonchev–Trinajstić information content (AvgIpc) is 3.30. The number of nitrogens with one attached hydrogen (secondary N) is 1. The zero-order valence-corrected chi connectivity index (χ0v) is 18.9. The second-order valence-corrected chi connectivity index (χ2v) is 9.04. The number of esters is 1. The molecule has 2 aromatic heterocycles. The molecule has 0 spiro atoms. The Bertz CT molecular complexity index is 1040. The summed E-state index contributed by atoms with van der Waals surface area (Å²) < 4.78 is 42.3. The van der Waals surface area contributed by atoms with Gasteiger partial charge >= 0.3 is 5.97 Å². The Morgan fingerprint density at radius 3 is 2.62 bits per heavy atom. The Hall–Kier alpha value is -2.92. The van der Waals surface area contributed by atoms with Gasteiger partial charge < -0.3 is 19.2 Å². The van der Waals surface area contributed by atoms with Crippen molar-refractivity contribution in [3.8, 4) is 5.88 Å². The molecule has 174 valence electrons. The van der Waals surface area contributed by atoms with Crippen molar-refractivity contribution < 1.29 is 31.9 Å². The predicted molar refractivity (Wildman–Crippen MR) is 113 cm³/mol. The molecule has 0 aliphatic carbocycles. The molecule has 3 heterocycles. The molecule has 0 unspecified atom stereocenters. The number of hydrogen-bond donors (Lipinski definition) is 1. The van der Waals surface area contributed by atoms with Gasteiger partial charge in [0.05, 0.1) is 13.2 Å². The molecule has 2 aromatic rings. The first kappa shape index (κ1) is 23.7. The number of carbonyl (C=O) groups is 2. The lowest BCUT2D eigenvalue weighted by Crippen LogP contribution is -2.42. The third-order valence-electron chi connectivity index (χ3n) is 5.04. The summed E-state index contributed by atoms with van der Waals surface area (Å²) in [5.41, 5.74) is 0.868. The second-order valence-electron chi connectivity index (χ2n) is 7.17. The summed E-state index contributed by atoms with van der Waals surface area (Å²) >= 11 is 0. The van der Waals surface area contributed by atoms with E-state index in [-0.39, 0.29) is 42.4 Å². The van der Waals surface area contributed by atoms with Crippen LogP contribution in [0.1, 0.15) is 42.8 Å². The van der Waals surface area contributed by atoms with Gasteiger partial charge in [0.15, 0.2) is 0 Å². The van der Waals surface area contributed by atoms with Crippen molar-refractivity contribution in [1.29, 1.82) is 0 Å². The van der Waals surface area contributed by atoms with Gasteiger partial charge in [0.25, 0.3) is 10.0 Å². The molecule has 1 saturated heterocycles. The highest BCUT2D eigenvalue weighted by atomic mass is 32.2. The van der Waals surface area contributed by atoms with Crippen LogP contribution in [0.15, 0.2) is 40.0 Å². The minimum absolute atomic E-state index is 0.126. The molecule has 0 aromatic carbocycles. The largest absolute Gasteiger partial charge is 0.478 e. The number of furan rings is 1. The van der Waals surface area contributed by atoms with Crippen molar-refractivity contribution in [1.82, 2.24) is 14.6 Å². The molecule has 0 radical (unpaired) electrons. The standard InChI is InChI=1S/C21H27N3O7S/c1-3-29-18-13-15(7-10-22-18)14-23-20(25)16-8-11-24(12-9-16)32(27,28)19-6-5-17(31-19)21(26)30-4-2/h5-7,10,13,16H,3-4,8-9,11-12,14H2,1-2H3,(H,23,25). The Labute approximate surface area is 186 Å². The highest BCUT2D eigenvalue weighted by Crippen LogP contribution is 2.25.